The van der Waals surface area contributed by atoms with Crippen molar-refractivity contribution in [2.75, 3.05) is 14.1 Å². The van der Waals surface area contributed by atoms with Crippen LogP contribution in [0.15, 0.2) is 48.5 Å². The molecular formula is C25H30FN3O. The van der Waals surface area contributed by atoms with Gasteiger partial charge in [0, 0.05) is 28.2 Å². The number of halogens is 1. The number of aromatic nitrogens is 1. The summed E-state index contributed by atoms with van der Waals surface area (Å²) in [6, 6.07) is 15.5. The number of H-pyrrole nitrogens is 1. The van der Waals surface area contributed by atoms with E-state index in [4.69, 9.17) is 0 Å². The molecule has 1 saturated carbocycles. The number of nitrogens with zero attached hydrogens (tertiary/aromatic N) is 1. The highest BCUT2D eigenvalue weighted by Crippen LogP contribution is 2.41. The fourth-order valence-corrected chi connectivity index (χ4v) is 5.00. The van der Waals surface area contributed by atoms with Crippen molar-refractivity contribution >= 4 is 16.8 Å². The Kier molecular flexibility index (Phi) is 5.65. The monoisotopic (exact) mass is 407 g/mol. The van der Waals surface area contributed by atoms with Gasteiger partial charge in [-0.05, 0) is 76.0 Å². The number of nitrogens with one attached hydrogen (secondary N) is 2. The molecule has 30 heavy (non-hydrogen) atoms. The fraction of sp³-hybridized carbons (Fsp3) is 0.400. The molecule has 0 bridgehead atoms. The lowest BCUT2D eigenvalue weighted by Crippen LogP contribution is -2.48. The van der Waals surface area contributed by atoms with Crippen molar-refractivity contribution in [3.05, 3.63) is 71.2 Å². The molecule has 1 fully saturated rings. The van der Waals surface area contributed by atoms with E-state index < -0.39 is 0 Å². The Balaban J connectivity index is 1.43. The van der Waals surface area contributed by atoms with E-state index in [9.17, 15) is 9.18 Å². The highest BCUT2D eigenvalue weighted by molar-refractivity contribution is 5.90. The Labute approximate surface area is 177 Å². The summed E-state index contributed by atoms with van der Waals surface area (Å²) in [6.45, 7) is 1.94. The molecule has 1 heterocycles. The van der Waals surface area contributed by atoms with Gasteiger partial charge in [0.05, 0.1) is 6.42 Å². The topological polar surface area (TPSA) is 48.1 Å². The molecule has 4 nitrogen and oxygen atoms in total. The highest BCUT2D eigenvalue weighted by atomic mass is 19.1. The Morgan fingerprint density at radius 2 is 1.87 bits per heavy atom. The summed E-state index contributed by atoms with van der Waals surface area (Å²) in [5, 5.41) is 4.02. The molecule has 1 aliphatic carbocycles. The third kappa shape index (κ3) is 3.86. The lowest BCUT2D eigenvalue weighted by molar-refractivity contribution is -0.121. The van der Waals surface area contributed by atoms with Gasteiger partial charge in [-0.1, -0.05) is 30.3 Å². The molecule has 1 aliphatic rings. The van der Waals surface area contributed by atoms with E-state index >= 15 is 0 Å². The number of hydrogen-bond donors (Lipinski definition) is 2. The first-order valence-electron chi connectivity index (χ1n) is 10.7. The molecular weight excluding hydrogens is 377 g/mol. The predicted molar refractivity (Wildman–Crippen MR) is 119 cm³/mol. The second kappa shape index (κ2) is 8.23. The van der Waals surface area contributed by atoms with Gasteiger partial charge >= 0.3 is 0 Å². The van der Waals surface area contributed by atoms with Gasteiger partial charge in [-0.2, -0.15) is 0 Å². The first-order valence-corrected chi connectivity index (χ1v) is 10.7. The molecule has 0 unspecified atom stereocenters. The second-order valence-corrected chi connectivity index (χ2v) is 8.73. The van der Waals surface area contributed by atoms with Gasteiger partial charge in [0.15, 0.2) is 0 Å². The summed E-state index contributed by atoms with van der Waals surface area (Å²) in [6.07, 6.45) is 4.17. The molecule has 5 heteroatoms. The van der Waals surface area contributed by atoms with Crippen LogP contribution in [-0.2, 0) is 16.8 Å². The number of carbonyl (C=O) groups excluding carboxylic acids is 1. The first kappa shape index (κ1) is 20.6. The van der Waals surface area contributed by atoms with Gasteiger partial charge < -0.3 is 10.3 Å². The molecule has 158 valence electrons. The zero-order valence-corrected chi connectivity index (χ0v) is 18.0. The molecule has 0 atom stereocenters. The van der Waals surface area contributed by atoms with Crippen molar-refractivity contribution in [3.63, 3.8) is 0 Å². The summed E-state index contributed by atoms with van der Waals surface area (Å²) < 4.78 is 13.7. The number of benzene rings is 2. The summed E-state index contributed by atoms with van der Waals surface area (Å²) >= 11 is 0. The summed E-state index contributed by atoms with van der Waals surface area (Å²) in [4.78, 5) is 18.4. The van der Waals surface area contributed by atoms with Crippen molar-refractivity contribution in [2.45, 2.75) is 50.6 Å². The summed E-state index contributed by atoms with van der Waals surface area (Å²) in [7, 11) is 4.29. The Hall–Kier alpha value is -2.66. The van der Waals surface area contributed by atoms with Crippen LogP contribution in [0.1, 0.15) is 42.5 Å². The molecule has 4 rings (SSSR count). The van der Waals surface area contributed by atoms with Crippen LogP contribution in [0.25, 0.3) is 10.9 Å². The number of amides is 1. The molecule has 3 aromatic rings. The third-order valence-electron chi connectivity index (χ3n) is 6.76. The van der Waals surface area contributed by atoms with Gasteiger partial charge in [-0.25, -0.2) is 4.39 Å². The van der Waals surface area contributed by atoms with E-state index in [1.807, 2.05) is 6.92 Å². The van der Waals surface area contributed by atoms with Crippen LogP contribution in [0.2, 0.25) is 0 Å². The van der Waals surface area contributed by atoms with Crippen molar-refractivity contribution in [3.8, 4) is 0 Å². The maximum absolute atomic E-state index is 13.7. The van der Waals surface area contributed by atoms with Gasteiger partial charge in [-0.3, -0.25) is 9.69 Å². The van der Waals surface area contributed by atoms with Crippen LogP contribution in [0.3, 0.4) is 0 Å². The van der Waals surface area contributed by atoms with Gasteiger partial charge in [0.25, 0.3) is 0 Å². The average Bonchev–Trinajstić information content (AvgIpc) is 3.03. The van der Waals surface area contributed by atoms with E-state index in [1.54, 1.807) is 6.07 Å². The number of aromatic amines is 1. The minimum Gasteiger partial charge on any atom is -0.358 e. The SMILES string of the molecule is Cc1[nH]c2ccc(F)cc2c1CC(=O)NC1CCC(c2ccccc2)(N(C)C)CC1. The normalized spacial score (nSPS) is 21.8. The molecule has 1 amide bonds. The molecule has 0 saturated heterocycles. The predicted octanol–water partition coefficient (Wildman–Crippen LogP) is 4.67. The minimum absolute atomic E-state index is 0.00493. The number of hydrogen-bond acceptors (Lipinski definition) is 2. The smallest absolute Gasteiger partial charge is 0.224 e. The van der Waals surface area contributed by atoms with Gasteiger partial charge in [0.1, 0.15) is 5.82 Å². The number of rotatable bonds is 5. The van der Waals surface area contributed by atoms with Crippen LogP contribution in [0.5, 0.6) is 0 Å². The lowest BCUT2D eigenvalue weighted by Gasteiger charge is -2.45. The van der Waals surface area contributed by atoms with Crippen molar-refractivity contribution < 1.29 is 9.18 Å². The first-order chi connectivity index (χ1) is 14.4. The van der Waals surface area contributed by atoms with E-state index in [0.717, 1.165) is 47.8 Å². The van der Waals surface area contributed by atoms with Gasteiger partial charge in [0.2, 0.25) is 5.91 Å². The Morgan fingerprint density at radius 3 is 2.53 bits per heavy atom. The van der Waals surface area contributed by atoms with E-state index in [2.05, 4.69) is 59.6 Å². The average molecular weight is 408 g/mol. The molecule has 2 N–H and O–H groups in total. The van der Waals surface area contributed by atoms with E-state index in [1.165, 1.54) is 17.7 Å². The van der Waals surface area contributed by atoms with Crippen LogP contribution >= 0.6 is 0 Å². The largest absolute Gasteiger partial charge is 0.358 e. The number of aryl methyl sites for hydroxylation is 1. The quantitative estimate of drug-likeness (QED) is 0.645. The zero-order chi connectivity index (χ0) is 21.3. The standard InChI is InChI=1S/C25H30FN3O/c1-17-21(22-15-19(26)9-10-23(22)27-17)16-24(30)28-20-11-13-25(14-12-20,29(2)3)18-7-5-4-6-8-18/h4-10,15,20,27H,11-14,16H2,1-3H3,(H,28,30). The van der Waals surface area contributed by atoms with Crippen molar-refractivity contribution in [1.82, 2.24) is 15.2 Å². The summed E-state index contributed by atoms with van der Waals surface area (Å²) in [5.41, 5.74) is 4.03. The van der Waals surface area contributed by atoms with Crippen LogP contribution in [0.4, 0.5) is 4.39 Å². The third-order valence-corrected chi connectivity index (χ3v) is 6.76. The molecule has 0 aliphatic heterocycles. The number of carbonyl (C=O) groups is 1. The van der Waals surface area contributed by atoms with E-state index in [0.29, 0.717) is 0 Å². The van der Waals surface area contributed by atoms with Crippen LogP contribution in [0, 0.1) is 12.7 Å². The Bertz CT molecular complexity index is 1030. The molecule has 0 radical (unpaired) electrons. The summed E-state index contributed by atoms with van der Waals surface area (Å²) in [5.74, 6) is -0.276. The van der Waals surface area contributed by atoms with Crippen molar-refractivity contribution in [2.24, 2.45) is 0 Å². The van der Waals surface area contributed by atoms with Gasteiger partial charge in [-0.15, -0.1) is 0 Å². The van der Waals surface area contributed by atoms with E-state index in [-0.39, 0.29) is 29.7 Å². The maximum Gasteiger partial charge on any atom is 0.224 e. The lowest BCUT2D eigenvalue weighted by atomic mass is 9.74. The van der Waals surface area contributed by atoms with Crippen LogP contribution < -0.4 is 5.32 Å². The molecule has 1 aromatic heterocycles. The highest BCUT2D eigenvalue weighted by Gasteiger charge is 2.38. The minimum atomic E-state index is -0.281. The molecule has 2 aromatic carbocycles. The van der Waals surface area contributed by atoms with Crippen molar-refractivity contribution in [1.29, 1.82) is 0 Å². The zero-order valence-electron chi connectivity index (χ0n) is 18.0. The second-order valence-electron chi connectivity index (χ2n) is 8.73. The molecule has 0 spiro atoms. The number of fused-ring (bicyclic) bond motifs is 1. The Morgan fingerprint density at radius 1 is 1.17 bits per heavy atom. The van der Waals surface area contributed by atoms with Crippen LogP contribution in [-0.4, -0.2) is 35.9 Å². The maximum atomic E-state index is 13.7. The fourth-order valence-electron chi connectivity index (χ4n) is 5.00.